The lowest BCUT2D eigenvalue weighted by Gasteiger charge is -2.21. The average Bonchev–Trinajstić information content (AvgIpc) is 2.41. The zero-order valence-electron chi connectivity index (χ0n) is 10.6. The van der Waals surface area contributed by atoms with Crippen molar-refractivity contribution in [2.75, 3.05) is 7.11 Å². The topological polar surface area (TPSA) is 47.6 Å². The van der Waals surface area contributed by atoms with E-state index in [1.165, 1.54) is 7.11 Å². The second kappa shape index (κ2) is 4.96. The van der Waals surface area contributed by atoms with Gasteiger partial charge in [0.1, 0.15) is 5.76 Å². The maximum absolute atomic E-state index is 11.5. The van der Waals surface area contributed by atoms with E-state index in [4.69, 9.17) is 9.47 Å². The highest BCUT2D eigenvalue weighted by atomic mass is 16.5. The predicted molar refractivity (Wildman–Crippen MR) is 68.0 cm³/mol. The van der Waals surface area contributed by atoms with Crippen molar-refractivity contribution in [3.05, 3.63) is 58.9 Å². The van der Waals surface area contributed by atoms with Crippen LogP contribution in [0.25, 0.3) is 0 Å². The Hall–Kier alpha value is -2.23. The van der Waals surface area contributed by atoms with Crippen LogP contribution in [0.4, 0.5) is 0 Å². The number of ether oxygens (including phenoxy) is 2. The third-order valence-electron chi connectivity index (χ3n) is 2.71. The number of hydrogen-bond acceptors (Lipinski definition) is 4. The molecular formula is C14H15NO3. The van der Waals surface area contributed by atoms with Gasteiger partial charge in [-0.1, -0.05) is 6.08 Å². The van der Waals surface area contributed by atoms with Crippen LogP contribution in [0.3, 0.4) is 0 Å². The number of rotatable bonds is 1. The van der Waals surface area contributed by atoms with Gasteiger partial charge < -0.3 is 14.8 Å². The molecule has 0 bridgehead atoms. The molecule has 4 heteroatoms. The van der Waals surface area contributed by atoms with Crippen LogP contribution in [-0.4, -0.2) is 13.1 Å². The third kappa shape index (κ3) is 2.22. The van der Waals surface area contributed by atoms with E-state index in [1.54, 1.807) is 13.0 Å². The fourth-order valence-corrected chi connectivity index (χ4v) is 1.79. The largest absolute Gasteiger partial charge is 0.465 e. The lowest BCUT2D eigenvalue weighted by atomic mass is 10.1. The molecule has 0 fully saturated rings. The third-order valence-corrected chi connectivity index (χ3v) is 2.71. The average molecular weight is 245 g/mol. The molecule has 2 heterocycles. The molecule has 1 N–H and O–H groups in total. The fraction of sp³-hybridized carbons (Fsp3) is 0.214. The minimum atomic E-state index is -0.386. The van der Waals surface area contributed by atoms with Crippen LogP contribution in [-0.2, 0) is 14.3 Å². The van der Waals surface area contributed by atoms with Gasteiger partial charge in [-0.2, -0.15) is 0 Å². The lowest BCUT2D eigenvalue weighted by molar-refractivity contribution is -0.136. The molecule has 0 aliphatic carbocycles. The maximum Gasteiger partial charge on any atom is 0.341 e. The summed E-state index contributed by atoms with van der Waals surface area (Å²) in [5, 5.41) is 3.11. The standard InChI is InChI=1S/C14H15NO3/c1-9-8-11(14(16)17-3)10(2)18-13(9)12-6-4-5-7-15-12/h4-8,15H,1-3H3. The SMILES string of the molecule is COC(=O)C1=C(C)OC(=C2C=CC=CN2)C(C)=C1. The first-order valence-corrected chi connectivity index (χ1v) is 5.63. The van der Waals surface area contributed by atoms with E-state index in [0.29, 0.717) is 11.3 Å². The van der Waals surface area contributed by atoms with Crippen LogP contribution < -0.4 is 5.32 Å². The highest BCUT2D eigenvalue weighted by Gasteiger charge is 2.22. The summed E-state index contributed by atoms with van der Waals surface area (Å²) in [5.74, 6) is 0.878. The van der Waals surface area contributed by atoms with Gasteiger partial charge >= 0.3 is 5.97 Å². The van der Waals surface area contributed by atoms with Gasteiger partial charge in [-0.15, -0.1) is 0 Å². The molecule has 0 atom stereocenters. The van der Waals surface area contributed by atoms with Crippen molar-refractivity contribution in [3.63, 3.8) is 0 Å². The van der Waals surface area contributed by atoms with Gasteiger partial charge in [0.25, 0.3) is 0 Å². The maximum atomic E-state index is 11.5. The van der Waals surface area contributed by atoms with E-state index in [9.17, 15) is 4.79 Å². The van der Waals surface area contributed by atoms with E-state index < -0.39 is 0 Å². The molecule has 94 valence electrons. The van der Waals surface area contributed by atoms with Gasteiger partial charge in [0.05, 0.1) is 18.4 Å². The van der Waals surface area contributed by atoms with Gasteiger partial charge in [0.15, 0.2) is 5.76 Å². The van der Waals surface area contributed by atoms with E-state index in [-0.39, 0.29) is 5.97 Å². The van der Waals surface area contributed by atoms with Crippen LogP contribution in [0.1, 0.15) is 13.8 Å². The first kappa shape index (κ1) is 12.2. The Morgan fingerprint density at radius 1 is 1.33 bits per heavy atom. The summed E-state index contributed by atoms with van der Waals surface area (Å²) in [6.07, 6.45) is 9.34. The molecule has 0 aromatic carbocycles. The summed E-state index contributed by atoms with van der Waals surface area (Å²) in [6, 6.07) is 0. The molecule has 0 unspecified atom stereocenters. The molecule has 2 aliphatic rings. The van der Waals surface area contributed by atoms with Gasteiger partial charge in [0.2, 0.25) is 0 Å². The number of dihydropyridines is 1. The van der Waals surface area contributed by atoms with Gasteiger partial charge in [-0.05, 0) is 37.6 Å². The number of carbonyl (C=O) groups is 1. The Balaban J connectivity index is 2.36. The normalized spacial score (nSPS) is 22.3. The quantitative estimate of drug-likeness (QED) is 0.720. The summed E-state index contributed by atoms with van der Waals surface area (Å²) in [5.41, 5.74) is 2.20. The Kier molecular flexibility index (Phi) is 3.37. The summed E-state index contributed by atoms with van der Waals surface area (Å²) in [6.45, 7) is 3.64. The van der Waals surface area contributed by atoms with Crippen molar-refractivity contribution < 1.29 is 14.3 Å². The molecule has 0 radical (unpaired) electrons. The second-order valence-electron chi connectivity index (χ2n) is 4.00. The van der Waals surface area contributed by atoms with Crippen LogP contribution in [0, 0.1) is 0 Å². The monoisotopic (exact) mass is 245 g/mol. The highest BCUT2D eigenvalue weighted by Crippen LogP contribution is 2.28. The number of methoxy groups -OCH3 is 1. The van der Waals surface area contributed by atoms with E-state index >= 15 is 0 Å². The number of esters is 1. The molecule has 0 aromatic heterocycles. The van der Waals surface area contributed by atoms with Crippen molar-refractivity contribution in [2.45, 2.75) is 13.8 Å². The van der Waals surface area contributed by atoms with E-state index in [0.717, 1.165) is 17.0 Å². The Morgan fingerprint density at radius 3 is 2.72 bits per heavy atom. The number of hydrogen-bond donors (Lipinski definition) is 1. The molecule has 0 amide bonds. The Morgan fingerprint density at radius 2 is 2.11 bits per heavy atom. The Bertz CT molecular complexity index is 533. The molecule has 2 aliphatic heterocycles. The van der Waals surface area contributed by atoms with Crippen LogP contribution in [0.2, 0.25) is 0 Å². The van der Waals surface area contributed by atoms with Crippen LogP contribution in [0.15, 0.2) is 58.9 Å². The van der Waals surface area contributed by atoms with Gasteiger partial charge in [0, 0.05) is 6.20 Å². The molecule has 2 rings (SSSR count). The summed E-state index contributed by atoms with van der Waals surface area (Å²) in [7, 11) is 1.36. The predicted octanol–water partition coefficient (Wildman–Crippen LogP) is 2.29. The smallest absolute Gasteiger partial charge is 0.341 e. The Labute approximate surface area is 106 Å². The van der Waals surface area contributed by atoms with E-state index in [1.807, 2.05) is 31.4 Å². The summed E-state index contributed by atoms with van der Waals surface area (Å²) in [4.78, 5) is 11.5. The molecule has 4 nitrogen and oxygen atoms in total. The van der Waals surface area contributed by atoms with Crippen LogP contribution in [0.5, 0.6) is 0 Å². The first-order valence-electron chi connectivity index (χ1n) is 5.63. The highest BCUT2D eigenvalue weighted by molar-refractivity contribution is 5.92. The minimum Gasteiger partial charge on any atom is -0.465 e. The molecule has 0 aromatic rings. The van der Waals surface area contributed by atoms with Crippen LogP contribution >= 0.6 is 0 Å². The van der Waals surface area contributed by atoms with Crippen molar-refractivity contribution in [3.8, 4) is 0 Å². The van der Waals surface area contributed by atoms with Gasteiger partial charge in [-0.25, -0.2) is 4.79 Å². The minimum absolute atomic E-state index is 0.386. The summed E-state index contributed by atoms with van der Waals surface area (Å²) < 4.78 is 10.4. The molecule has 18 heavy (non-hydrogen) atoms. The molecule has 0 saturated carbocycles. The fourth-order valence-electron chi connectivity index (χ4n) is 1.79. The summed E-state index contributed by atoms with van der Waals surface area (Å²) >= 11 is 0. The van der Waals surface area contributed by atoms with E-state index in [2.05, 4.69) is 5.32 Å². The number of allylic oxidation sites excluding steroid dienone is 5. The lowest BCUT2D eigenvalue weighted by Crippen LogP contribution is -2.16. The molecule has 0 spiro atoms. The van der Waals surface area contributed by atoms with Crippen molar-refractivity contribution >= 4 is 5.97 Å². The first-order chi connectivity index (χ1) is 8.63. The second-order valence-corrected chi connectivity index (χ2v) is 4.00. The van der Waals surface area contributed by atoms with Crippen molar-refractivity contribution in [1.82, 2.24) is 5.32 Å². The number of carbonyl (C=O) groups excluding carboxylic acids is 1. The van der Waals surface area contributed by atoms with Crippen molar-refractivity contribution in [1.29, 1.82) is 0 Å². The van der Waals surface area contributed by atoms with Crippen molar-refractivity contribution in [2.24, 2.45) is 0 Å². The molecular weight excluding hydrogens is 230 g/mol. The van der Waals surface area contributed by atoms with Gasteiger partial charge in [-0.3, -0.25) is 0 Å². The molecule has 0 saturated heterocycles. The zero-order chi connectivity index (χ0) is 13.1. The zero-order valence-corrected chi connectivity index (χ0v) is 10.6. The number of nitrogens with one attached hydrogen (secondary N) is 1.